The molecule has 28 heavy (non-hydrogen) atoms. The number of ether oxygens (including phenoxy) is 1. The minimum atomic E-state index is -0.562. The van der Waals surface area contributed by atoms with Gasteiger partial charge in [0.15, 0.2) is 11.5 Å². The number of hydrogen-bond donors (Lipinski definition) is 1. The van der Waals surface area contributed by atoms with E-state index in [0.717, 1.165) is 10.9 Å². The molecule has 0 spiro atoms. The van der Waals surface area contributed by atoms with Gasteiger partial charge in [-0.2, -0.15) is 0 Å². The number of para-hydroxylation sites is 1. The van der Waals surface area contributed by atoms with Gasteiger partial charge in [0.05, 0.1) is 11.1 Å². The molecule has 0 aliphatic heterocycles. The van der Waals surface area contributed by atoms with Crippen LogP contribution in [0.3, 0.4) is 0 Å². The smallest absolute Gasteiger partial charge is 0.343 e. The number of carbonyl (C=O) groups excluding carboxylic acids is 1. The highest BCUT2D eigenvalue weighted by molar-refractivity contribution is 5.96. The summed E-state index contributed by atoms with van der Waals surface area (Å²) in [6.07, 6.45) is 0. The molecule has 0 aliphatic carbocycles. The summed E-state index contributed by atoms with van der Waals surface area (Å²) in [5, 5.41) is 11.8. The number of carbonyl (C=O) groups is 1. The van der Waals surface area contributed by atoms with Crippen molar-refractivity contribution in [3.8, 4) is 0 Å². The Bertz CT molecular complexity index is 1150. The van der Waals surface area contributed by atoms with E-state index < -0.39 is 5.97 Å². The van der Waals surface area contributed by atoms with Gasteiger partial charge < -0.3 is 9.84 Å². The number of rotatable bonds is 4. The molecule has 0 saturated heterocycles. The molecule has 3 aromatic carbocycles. The van der Waals surface area contributed by atoms with Crippen molar-refractivity contribution in [2.75, 3.05) is 0 Å². The van der Waals surface area contributed by atoms with E-state index in [0.29, 0.717) is 16.8 Å². The lowest BCUT2D eigenvalue weighted by atomic mass is 10.1. The second-order valence-electron chi connectivity index (χ2n) is 6.19. The highest BCUT2D eigenvalue weighted by Gasteiger charge is 2.19. The first-order valence-electron chi connectivity index (χ1n) is 8.84. The monoisotopic (exact) mass is 367 g/mol. The zero-order valence-corrected chi connectivity index (χ0v) is 14.9. The average molecular weight is 367 g/mol. The third-order valence-electron chi connectivity index (χ3n) is 4.30. The summed E-state index contributed by atoms with van der Waals surface area (Å²) in [5.74, 6) is -0.688. The number of pyridine rings is 1. The molecule has 4 aromatic rings. The molecular weight excluding hydrogens is 350 g/mol. The van der Waals surface area contributed by atoms with Crippen LogP contribution < -0.4 is 0 Å². The third kappa shape index (κ3) is 3.62. The van der Waals surface area contributed by atoms with Crippen LogP contribution in [0.1, 0.15) is 21.6 Å². The molecule has 136 valence electrons. The number of aromatic nitrogens is 1. The molecule has 1 heterocycles. The maximum Gasteiger partial charge on any atom is 0.343 e. The zero-order chi connectivity index (χ0) is 19.3. The van der Waals surface area contributed by atoms with Gasteiger partial charge in [-0.1, -0.05) is 72.8 Å². The average Bonchev–Trinajstić information content (AvgIpc) is 2.77. The Morgan fingerprint density at radius 3 is 2.04 bits per heavy atom. The van der Waals surface area contributed by atoms with Gasteiger partial charge in [0, 0.05) is 10.9 Å². The van der Waals surface area contributed by atoms with Crippen LogP contribution in [-0.4, -0.2) is 16.1 Å². The summed E-state index contributed by atoms with van der Waals surface area (Å²) in [6, 6.07) is 28.8. The van der Waals surface area contributed by atoms with Crippen LogP contribution in [-0.2, 0) is 4.74 Å². The quantitative estimate of drug-likeness (QED) is 0.383. The predicted molar refractivity (Wildman–Crippen MR) is 109 cm³/mol. The van der Waals surface area contributed by atoms with Crippen molar-refractivity contribution in [1.29, 1.82) is 0 Å². The predicted octanol–water partition coefficient (Wildman–Crippen LogP) is 5.48. The lowest BCUT2D eigenvalue weighted by Gasteiger charge is -2.12. The van der Waals surface area contributed by atoms with Gasteiger partial charge in [0.2, 0.25) is 0 Å². The Morgan fingerprint density at radius 1 is 0.714 bits per heavy atom. The van der Waals surface area contributed by atoms with Crippen molar-refractivity contribution in [3.05, 3.63) is 114 Å². The lowest BCUT2D eigenvalue weighted by molar-refractivity contribution is 0.0689. The number of nitrogens with zero attached hydrogens (tertiary/aromatic N) is 1. The van der Waals surface area contributed by atoms with E-state index in [1.54, 1.807) is 54.6 Å². The minimum Gasteiger partial charge on any atom is -0.504 e. The Morgan fingerprint density at radius 2 is 1.32 bits per heavy atom. The van der Waals surface area contributed by atoms with Gasteiger partial charge in [-0.3, -0.25) is 0 Å². The first kappa shape index (κ1) is 17.5. The largest absolute Gasteiger partial charge is 0.504 e. The Balaban J connectivity index is 1.82. The van der Waals surface area contributed by atoms with Crippen molar-refractivity contribution in [1.82, 2.24) is 4.98 Å². The number of aliphatic hydroxyl groups is 1. The van der Waals surface area contributed by atoms with Crippen molar-refractivity contribution >= 4 is 28.4 Å². The molecule has 0 atom stereocenters. The van der Waals surface area contributed by atoms with Gasteiger partial charge in [-0.05, 0) is 24.3 Å². The minimum absolute atomic E-state index is 0.0193. The Kier molecular flexibility index (Phi) is 4.85. The van der Waals surface area contributed by atoms with Crippen molar-refractivity contribution < 1.29 is 14.6 Å². The topological polar surface area (TPSA) is 59.4 Å². The van der Waals surface area contributed by atoms with Crippen LogP contribution in [0.4, 0.5) is 0 Å². The summed E-state index contributed by atoms with van der Waals surface area (Å²) in [6.45, 7) is 0. The summed E-state index contributed by atoms with van der Waals surface area (Å²) in [7, 11) is 0. The molecule has 0 bridgehead atoms. The fraction of sp³-hybridized carbons (Fsp3) is 0. The number of benzene rings is 3. The molecule has 0 saturated carbocycles. The molecule has 4 nitrogen and oxygen atoms in total. The molecule has 4 rings (SSSR count). The number of esters is 1. The second-order valence-corrected chi connectivity index (χ2v) is 6.19. The van der Waals surface area contributed by atoms with Gasteiger partial charge in [0.1, 0.15) is 5.69 Å². The van der Waals surface area contributed by atoms with E-state index in [4.69, 9.17) is 4.74 Å². The Labute approximate surface area is 162 Å². The van der Waals surface area contributed by atoms with Crippen molar-refractivity contribution in [2.45, 2.75) is 0 Å². The van der Waals surface area contributed by atoms with E-state index in [9.17, 15) is 9.90 Å². The molecule has 4 heteroatoms. The molecule has 0 unspecified atom stereocenters. The van der Waals surface area contributed by atoms with Gasteiger partial charge >= 0.3 is 5.97 Å². The summed E-state index contributed by atoms with van der Waals surface area (Å²) >= 11 is 0. The maximum absolute atomic E-state index is 12.6. The van der Waals surface area contributed by atoms with E-state index >= 15 is 0 Å². The molecule has 1 aromatic heterocycles. The number of aliphatic hydroxyl groups excluding tert-OH is 1. The molecule has 0 radical (unpaired) electrons. The fourth-order valence-electron chi connectivity index (χ4n) is 2.87. The van der Waals surface area contributed by atoms with Crippen LogP contribution in [0.2, 0.25) is 0 Å². The van der Waals surface area contributed by atoms with Gasteiger partial charge in [0.25, 0.3) is 0 Å². The van der Waals surface area contributed by atoms with E-state index in [2.05, 4.69) is 4.98 Å². The number of fused-ring (bicyclic) bond motifs is 1. The van der Waals surface area contributed by atoms with E-state index in [1.807, 2.05) is 42.5 Å². The highest BCUT2D eigenvalue weighted by atomic mass is 16.5. The molecule has 0 aliphatic rings. The SMILES string of the molecule is O=C(OC(=C(O)c1ccccc1)c1ccc2ccccc2n1)c1ccccc1. The normalized spacial score (nSPS) is 11.7. The van der Waals surface area contributed by atoms with Crippen LogP contribution in [0.15, 0.2) is 97.1 Å². The molecule has 0 amide bonds. The maximum atomic E-state index is 12.6. The first-order chi connectivity index (χ1) is 13.7. The first-order valence-corrected chi connectivity index (χ1v) is 8.84. The van der Waals surface area contributed by atoms with Crippen LogP contribution in [0.25, 0.3) is 22.4 Å². The van der Waals surface area contributed by atoms with E-state index in [1.165, 1.54) is 0 Å². The van der Waals surface area contributed by atoms with Gasteiger partial charge in [-0.25, -0.2) is 9.78 Å². The second kappa shape index (κ2) is 7.76. The summed E-state index contributed by atoms with van der Waals surface area (Å²) in [4.78, 5) is 17.2. The highest BCUT2D eigenvalue weighted by Crippen LogP contribution is 2.27. The summed E-state index contributed by atoms with van der Waals surface area (Å²) in [5.41, 5.74) is 2.05. The lowest BCUT2D eigenvalue weighted by Crippen LogP contribution is -2.07. The summed E-state index contributed by atoms with van der Waals surface area (Å²) < 4.78 is 5.62. The van der Waals surface area contributed by atoms with Crippen LogP contribution >= 0.6 is 0 Å². The number of hydrogen-bond acceptors (Lipinski definition) is 4. The molecule has 1 N–H and O–H groups in total. The van der Waals surface area contributed by atoms with Crippen molar-refractivity contribution in [2.24, 2.45) is 0 Å². The van der Waals surface area contributed by atoms with Crippen LogP contribution in [0, 0.1) is 0 Å². The van der Waals surface area contributed by atoms with Gasteiger partial charge in [-0.15, -0.1) is 0 Å². The molecule has 0 fully saturated rings. The van der Waals surface area contributed by atoms with E-state index in [-0.39, 0.29) is 11.5 Å². The van der Waals surface area contributed by atoms with Crippen molar-refractivity contribution in [3.63, 3.8) is 0 Å². The Hall–Kier alpha value is -3.92. The van der Waals surface area contributed by atoms with Crippen LogP contribution in [0.5, 0.6) is 0 Å². The third-order valence-corrected chi connectivity index (χ3v) is 4.30. The fourth-order valence-corrected chi connectivity index (χ4v) is 2.87. The zero-order valence-electron chi connectivity index (χ0n) is 14.9. The standard InChI is InChI=1S/C24H17NO3/c26-22(18-10-3-1-4-11-18)23(28-24(27)19-12-5-2-6-13-19)21-16-15-17-9-7-8-14-20(17)25-21/h1-16,26H. The molecular formula is C24H17NO3.